The second kappa shape index (κ2) is 20.7. The molecule has 0 N–H and O–H groups in total. The Morgan fingerprint density at radius 1 is 0.289 bits per heavy atom. The maximum Gasteiger partial charge on any atom is 0.134 e. The highest BCUT2D eigenvalue weighted by atomic mass is 16.5. The van der Waals surface area contributed by atoms with E-state index in [0.717, 1.165) is 67.3 Å². The molecule has 0 atom stereocenters. The van der Waals surface area contributed by atoms with Crippen molar-refractivity contribution in [3.05, 3.63) is 393 Å². The molecule has 13 aromatic carbocycles. The molecule has 18 rings (SSSR count). The van der Waals surface area contributed by atoms with Gasteiger partial charge in [0.15, 0.2) is 0 Å². The zero-order chi connectivity index (χ0) is 59.4. The fraction of sp³-hybridized carbons (Fsp3) is 0.103. The number of hydrogen-bond donors (Lipinski definition) is 0. The lowest BCUT2D eigenvalue weighted by Gasteiger charge is -2.41. The molecule has 0 fully saturated rings. The largest absolute Gasteiger partial charge is 0.457 e. The monoisotopic (exact) mass is 1150 g/mol. The molecule has 3 aliphatic carbocycles. The van der Waals surface area contributed by atoms with Gasteiger partial charge in [-0.15, -0.1) is 0 Å². The minimum atomic E-state index is -0.609. The Kier molecular flexibility index (Phi) is 12.0. The zero-order valence-corrected chi connectivity index (χ0v) is 50.1. The van der Waals surface area contributed by atoms with Gasteiger partial charge < -0.3 is 14.5 Å². The van der Waals surface area contributed by atoms with E-state index in [0.29, 0.717) is 0 Å². The average Bonchev–Trinajstić information content (AvgIpc) is 1.53. The summed E-state index contributed by atoms with van der Waals surface area (Å²) in [5.74, 6) is 1.74. The summed E-state index contributed by atoms with van der Waals surface area (Å²) in [6, 6.07) is 119. The second-order valence-corrected chi connectivity index (χ2v) is 25.1. The Bertz CT molecular complexity index is 4620. The highest BCUT2D eigenvalue weighted by molar-refractivity contribution is 5.95. The summed E-state index contributed by atoms with van der Waals surface area (Å²) in [4.78, 5) is 5.31. The Labute approximate surface area is 527 Å². The first-order chi connectivity index (χ1) is 44.6. The van der Waals surface area contributed by atoms with E-state index in [-0.39, 0.29) is 0 Å². The van der Waals surface area contributed by atoms with E-state index in [2.05, 4.69) is 325 Å². The molecule has 0 bridgehead atoms. The molecule has 3 nitrogen and oxygen atoms in total. The van der Waals surface area contributed by atoms with Crippen molar-refractivity contribution in [1.82, 2.24) is 0 Å². The number of anilines is 4. The number of fused-ring (bicyclic) bond motifs is 9. The van der Waals surface area contributed by atoms with Gasteiger partial charge in [-0.1, -0.05) is 273 Å². The van der Waals surface area contributed by atoms with Gasteiger partial charge in [-0.2, -0.15) is 0 Å². The number of rotatable bonds is 11. The third kappa shape index (κ3) is 7.47. The molecule has 2 heterocycles. The number of nitrogens with zero attached hydrogens (tertiary/aromatic N) is 2. The smallest absolute Gasteiger partial charge is 0.134 e. The predicted octanol–water partition coefficient (Wildman–Crippen LogP) is 20.7. The Balaban J connectivity index is 0.903. The molecule has 428 valence electrons. The summed E-state index contributed by atoms with van der Waals surface area (Å²) in [5, 5.41) is 0. The van der Waals surface area contributed by atoms with E-state index in [1.807, 2.05) is 0 Å². The van der Waals surface area contributed by atoms with Crippen LogP contribution in [0.25, 0.3) is 33.4 Å². The molecule has 0 spiro atoms. The normalized spacial score (nSPS) is 15.3. The van der Waals surface area contributed by atoms with Gasteiger partial charge in [-0.3, -0.25) is 0 Å². The number of hydrogen-bond acceptors (Lipinski definition) is 3. The molecule has 0 radical (unpaired) electrons. The zero-order valence-electron chi connectivity index (χ0n) is 50.1. The Hall–Kier alpha value is -10.7. The van der Waals surface area contributed by atoms with Crippen LogP contribution in [0.15, 0.2) is 315 Å². The molecule has 0 aromatic heterocycles. The van der Waals surface area contributed by atoms with Gasteiger partial charge in [-0.25, -0.2) is 0 Å². The first kappa shape index (κ1) is 52.4. The van der Waals surface area contributed by atoms with Crippen LogP contribution in [0.3, 0.4) is 0 Å². The van der Waals surface area contributed by atoms with E-state index >= 15 is 0 Å². The summed E-state index contributed by atoms with van der Waals surface area (Å²) in [7, 11) is 0. The summed E-state index contributed by atoms with van der Waals surface area (Å²) >= 11 is 0. The highest BCUT2D eigenvalue weighted by Gasteiger charge is 2.50. The first-order valence-electron chi connectivity index (χ1n) is 32.1. The van der Waals surface area contributed by atoms with Gasteiger partial charge in [0.25, 0.3) is 0 Å². The maximum absolute atomic E-state index is 7.78. The van der Waals surface area contributed by atoms with Crippen LogP contribution in [0.1, 0.15) is 90.7 Å². The van der Waals surface area contributed by atoms with Crippen LogP contribution in [0.2, 0.25) is 0 Å². The fourth-order valence-corrected chi connectivity index (χ4v) is 17.3. The maximum atomic E-state index is 7.78. The van der Waals surface area contributed by atoms with Crippen molar-refractivity contribution in [2.45, 2.75) is 41.9 Å². The molecule has 0 amide bonds. The van der Waals surface area contributed by atoms with Crippen molar-refractivity contribution >= 4 is 22.7 Å². The van der Waals surface area contributed by atoms with Gasteiger partial charge in [0.1, 0.15) is 11.5 Å². The molecule has 90 heavy (non-hydrogen) atoms. The molecular weight excluding hydrogens is 1090 g/mol. The fourth-order valence-electron chi connectivity index (χ4n) is 17.3. The van der Waals surface area contributed by atoms with Gasteiger partial charge in [0, 0.05) is 47.3 Å². The van der Waals surface area contributed by atoms with E-state index in [1.54, 1.807) is 0 Å². The summed E-state index contributed by atoms with van der Waals surface area (Å²) in [6.45, 7) is 2.02. The molecule has 0 unspecified atom stereocenters. The average molecular weight is 1150 g/mol. The van der Waals surface area contributed by atoms with Crippen LogP contribution in [0.5, 0.6) is 11.5 Å². The highest BCUT2D eigenvalue weighted by Crippen LogP contribution is 2.62. The molecule has 2 aliphatic heterocycles. The van der Waals surface area contributed by atoms with E-state index in [1.165, 1.54) is 117 Å². The molecular formula is C87H64N2O. The van der Waals surface area contributed by atoms with Crippen molar-refractivity contribution in [3.63, 3.8) is 0 Å². The van der Waals surface area contributed by atoms with E-state index < -0.39 is 16.2 Å². The van der Waals surface area contributed by atoms with Crippen molar-refractivity contribution in [1.29, 1.82) is 0 Å². The van der Waals surface area contributed by atoms with Crippen LogP contribution in [-0.2, 0) is 29.1 Å². The molecule has 3 heteroatoms. The van der Waals surface area contributed by atoms with Crippen LogP contribution in [0.4, 0.5) is 22.7 Å². The first-order valence-corrected chi connectivity index (χ1v) is 32.1. The lowest BCUT2D eigenvalue weighted by Crippen LogP contribution is -2.35. The predicted molar refractivity (Wildman–Crippen MR) is 368 cm³/mol. The van der Waals surface area contributed by atoms with Crippen LogP contribution < -0.4 is 14.5 Å². The minimum Gasteiger partial charge on any atom is -0.457 e. The Morgan fingerprint density at radius 2 is 0.611 bits per heavy atom. The van der Waals surface area contributed by atoms with Crippen LogP contribution >= 0.6 is 0 Å². The second-order valence-electron chi connectivity index (χ2n) is 25.1. The topological polar surface area (TPSA) is 15.7 Å². The summed E-state index contributed by atoms with van der Waals surface area (Å²) < 4.78 is 7.78. The quantitative estimate of drug-likeness (QED) is 0.128. The molecule has 5 aliphatic rings. The van der Waals surface area contributed by atoms with Crippen LogP contribution in [0, 0.1) is 0 Å². The number of ether oxygens (including phenoxy) is 1. The van der Waals surface area contributed by atoms with Gasteiger partial charge >= 0.3 is 0 Å². The lowest BCUT2D eigenvalue weighted by molar-refractivity contribution is 0.470. The van der Waals surface area contributed by atoms with E-state index in [9.17, 15) is 0 Å². The summed E-state index contributed by atoms with van der Waals surface area (Å²) in [5.41, 5.74) is 28.2. The van der Waals surface area contributed by atoms with Crippen molar-refractivity contribution < 1.29 is 4.74 Å². The molecule has 0 saturated heterocycles. The third-order valence-corrected chi connectivity index (χ3v) is 20.8. The third-order valence-electron chi connectivity index (χ3n) is 20.8. The van der Waals surface area contributed by atoms with Gasteiger partial charge in [0.2, 0.25) is 0 Å². The van der Waals surface area contributed by atoms with Crippen LogP contribution in [-0.4, -0.2) is 13.1 Å². The van der Waals surface area contributed by atoms with Crippen molar-refractivity contribution in [3.8, 4) is 44.9 Å². The Morgan fingerprint density at radius 3 is 1.00 bits per heavy atom. The SMILES string of the molecule is c1ccc(C2(c3ccccc3)c3ccccc3-c3ccc(Oc4cc(N(c5ccc6c(c5)C(c5ccccc5)(c5ccccc5)c5ccccc5-6)c5ccc6c(c5)C(c5ccccc5)(c5ccccc5)c5ccccc5-6)c5c6c4CCCN6CCC5)cc32)cc1. The minimum absolute atomic E-state index is 0.569. The lowest BCUT2D eigenvalue weighted by atomic mass is 9.67. The summed E-state index contributed by atoms with van der Waals surface area (Å²) in [6.07, 6.45) is 4.01. The van der Waals surface area contributed by atoms with Gasteiger partial charge in [-0.05, 0) is 162 Å². The van der Waals surface area contributed by atoms with E-state index in [4.69, 9.17) is 4.74 Å². The molecule has 13 aromatic rings. The van der Waals surface area contributed by atoms with Crippen molar-refractivity contribution in [2.75, 3.05) is 22.9 Å². The standard InChI is InChI=1S/C87H64N2O/c1-7-27-59(28-8-1)85(60-29-9-2-10-30-60)76-44-22-19-39-68(76)71-50-47-65(55-79(71)85)89(66-48-51-72-69-40-20-23-45-77(69)86(80(72)56-66,61-31-11-3-12-32-61)62-33-13-4-14-34-62)82-58-83(75-43-26-54-88-53-25-42-74(82)84(75)88)90-67-49-52-73-70-41-21-24-46-78(70)87(81(73)57-67,63-35-15-5-16-36-63)64-37-17-6-18-38-64/h1-24,27-41,44-52,55-58H,25-26,42-43,53-54H2. The number of benzene rings is 13. The van der Waals surface area contributed by atoms with Crippen molar-refractivity contribution in [2.24, 2.45) is 0 Å². The van der Waals surface area contributed by atoms with Gasteiger partial charge in [0.05, 0.1) is 21.9 Å². The molecule has 0 saturated carbocycles.